The molecule has 3 atom stereocenters. The number of aromatic nitrogens is 1. The van der Waals surface area contributed by atoms with Crippen LogP contribution in [0.4, 0.5) is 0 Å². The fraction of sp³-hybridized carbons (Fsp3) is 0.706. The minimum atomic E-state index is 0.370. The zero-order chi connectivity index (χ0) is 14.5. The Morgan fingerprint density at radius 1 is 1.30 bits per heavy atom. The molecule has 0 bridgehead atoms. The van der Waals surface area contributed by atoms with E-state index in [-0.39, 0.29) is 0 Å². The normalized spacial score (nSPS) is 26.8. The van der Waals surface area contributed by atoms with E-state index < -0.39 is 0 Å². The lowest BCUT2D eigenvalue weighted by molar-refractivity contribution is 0.100. The fourth-order valence-electron chi connectivity index (χ4n) is 2.73. The molecule has 1 heterocycles. The molecule has 3 heteroatoms. The van der Waals surface area contributed by atoms with Gasteiger partial charge in [-0.15, -0.1) is 0 Å². The standard InChI is InChI=1S/C17H28N2O/c1-12(2)19-11-15-10-17(7-8-18-15)20-16-6-5-13(3)14(4)9-16/h7-8,10,12-14,16,19H,5-6,9,11H2,1-4H3. The van der Waals surface area contributed by atoms with Gasteiger partial charge in [0, 0.05) is 24.8 Å². The van der Waals surface area contributed by atoms with Crippen molar-refractivity contribution in [3.05, 3.63) is 24.0 Å². The second-order valence-electron chi connectivity index (χ2n) is 6.53. The Morgan fingerprint density at radius 2 is 2.10 bits per heavy atom. The third kappa shape index (κ3) is 4.48. The van der Waals surface area contributed by atoms with Crippen molar-refractivity contribution in [1.82, 2.24) is 10.3 Å². The maximum Gasteiger partial charge on any atom is 0.123 e. The monoisotopic (exact) mass is 276 g/mol. The SMILES string of the molecule is CC(C)NCc1cc(OC2CCC(C)C(C)C2)ccn1. The molecular weight excluding hydrogens is 248 g/mol. The highest BCUT2D eigenvalue weighted by molar-refractivity contribution is 5.23. The molecule has 20 heavy (non-hydrogen) atoms. The predicted octanol–water partition coefficient (Wildman–Crippen LogP) is 3.78. The van der Waals surface area contributed by atoms with Crippen LogP contribution in [0, 0.1) is 11.8 Å². The lowest BCUT2D eigenvalue weighted by Gasteiger charge is -2.32. The van der Waals surface area contributed by atoms with Crippen LogP contribution in [-0.2, 0) is 6.54 Å². The lowest BCUT2D eigenvalue weighted by atomic mass is 9.80. The Balaban J connectivity index is 1.91. The number of nitrogens with one attached hydrogen (secondary N) is 1. The summed E-state index contributed by atoms with van der Waals surface area (Å²) in [6.45, 7) is 9.77. The molecule has 1 saturated carbocycles. The van der Waals surface area contributed by atoms with E-state index in [1.807, 2.05) is 12.3 Å². The molecule has 1 fully saturated rings. The highest BCUT2D eigenvalue weighted by Crippen LogP contribution is 2.31. The van der Waals surface area contributed by atoms with Crippen LogP contribution in [0.1, 0.15) is 52.7 Å². The summed E-state index contributed by atoms with van der Waals surface area (Å²) in [6.07, 6.45) is 5.84. The van der Waals surface area contributed by atoms with Crippen molar-refractivity contribution in [2.75, 3.05) is 0 Å². The molecule has 3 unspecified atom stereocenters. The van der Waals surface area contributed by atoms with Gasteiger partial charge in [-0.05, 0) is 37.2 Å². The molecule has 0 saturated heterocycles. The highest BCUT2D eigenvalue weighted by Gasteiger charge is 2.25. The van der Waals surface area contributed by atoms with Crippen molar-refractivity contribution in [3.8, 4) is 5.75 Å². The van der Waals surface area contributed by atoms with E-state index in [1.54, 1.807) is 0 Å². The van der Waals surface area contributed by atoms with Gasteiger partial charge < -0.3 is 10.1 Å². The van der Waals surface area contributed by atoms with Crippen LogP contribution in [0.3, 0.4) is 0 Å². The van der Waals surface area contributed by atoms with Crippen molar-refractivity contribution in [3.63, 3.8) is 0 Å². The molecule has 0 spiro atoms. The van der Waals surface area contributed by atoms with Gasteiger partial charge in [0.2, 0.25) is 0 Å². The molecule has 1 aromatic heterocycles. The minimum absolute atomic E-state index is 0.370. The molecule has 0 radical (unpaired) electrons. The summed E-state index contributed by atoms with van der Waals surface area (Å²) in [4.78, 5) is 4.39. The first-order valence-corrected chi connectivity index (χ1v) is 7.89. The summed E-state index contributed by atoms with van der Waals surface area (Å²) in [5.41, 5.74) is 1.05. The number of ether oxygens (including phenoxy) is 1. The summed E-state index contributed by atoms with van der Waals surface area (Å²) in [6, 6.07) is 4.52. The van der Waals surface area contributed by atoms with Crippen LogP contribution in [0.15, 0.2) is 18.3 Å². The largest absolute Gasteiger partial charge is 0.490 e. The van der Waals surface area contributed by atoms with Gasteiger partial charge in [0.15, 0.2) is 0 Å². The Morgan fingerprint density at radius 3 is 2.80 bits per heavy atom. The second-order valence-corrected chi connectivity index (χ2v) is 6.53. The zero-order valence-electron chi connectivity index (χ0n) is 13.2. The first-order valence-electron chi connectivity index (χ1n) is 7.89. The Labute approximate surface area is 123 Å². The summed E-state index contributed by atoms with van der Waals surface area (Å²) >= 11 is 0. The third-order valence-corrected chi connectivity index (χ3v) is 4.33. The Bertz CT molecular complexity index is 419. The van der Waals surface area contributed by atoms with E-state index in [9.17, 15) is 0 Å². The van der Waals surface area contributed by atoms with E-state index in [4.69, 9.17) is 4.74 Å². The number of hydrogen-bond donors (Lipinski definition) is 1. The van der Waals surface area contributed by atoms with E-state index in [1.165, 1.54) is 19.3 Å². The van der Waals surface area contributed by atoms with Gasteiger partial charge in [-0.3, -0.25) is 4.98 Å². The van der Waals surface area contributed by atoms with Crippen LogP contribution >= 0.6 is 0 Å². The van der Waals surface area contributed by atoms with Gasteiger partial charge in [-0.1, -0.05) is 27.7 Å². The van der Waals surface area contributed by atoms with Gasteiger partial charge in [0.05, 0.1) is 11.8 Å². The van der Waals surface area contributed by atoms with Crippen molar-refractivity contribution in [2.45, 2.75) is 65.6 Å². The molecule has 1 aliphatic carbocycles. The van der Waals surface area contributed by atoms with Crippen LogP contribution < -0.4 is 10.1 Å². The van der Waals surface area contributed by atoms with Crippen LogP contribution in [-0.4, -0.2) is 17.1 Å². The fourth-order valence-corrected chi connectivity index (χ4v) is 2.73. The molecule has 1 aliphatic rings. The van der Waals surface area contributed by atoms with Crippen molar-refractivity contribution in [1.29, 1.82) is 0 Å². The molecule has 112 valence electrons. The lowest BCUT2D eigenvalue weighted by Crippen LogP contribution is -2.28. The van der Waals surface area contributed by atoms with E-state index in [0.29, 0.717) is 12.1 Å². The Hall–Kier alpha value is -1.09. The third-order valence-electron chi connectivity index (χ3n) is 4.33. The molecular formula is C17H28N2O. The molecule has 3 nitrogen and oxygen atoms in total. The number of nitrogens with zero attached hydrogens (tertiary/aromatic N) is 1. The van der Waals surface area contributed by atoms with E-state index >= 15 is 0 Å². The number of hydrogen-bond acceptors (Lipinski definition) is 3. The van der Waals surface area contributed by atoms with Gasteiger partial charge >= 0.3 is 0 Å². The summed E-state index contributed by atoms with van der Waals surface area (Å²) in [5.74, 6) is 2.56. The first kappa shape index (κ1) is 15.3. The van der Waals surface area contributed by atoms with Crippen molar-refractivity contribution >= 4 is 0 Å². The maximum absolute atomic E-state index is 6.15. The van der Waals surface area contributed by atoms with E-state index in [0.717, 1.165) is 29.8 Å². The topological polar surface area (TPSA) is 34.1 Å². The second kappa shape index (κ2) is 7.07. The van der Waals surface area contributed by atoms with Gasteiger partial charge in [-0.25, -0.2) is 0 Å². The molecule has 0 aliphatic heterocycles. The van der Waals surface area contributed by atoms with Crippen LogP contribution in [0.5, 0.6) is 5.75 Å². The Kier molecular flexibility index (Phi) is 5.41. The van der Waals surface area contributed by atoms with Crippen LogP contribution in [0.25, 0.3) is 0 Å². The summed E-state index contributed by atoms with van der Waals surface area (Å²) in [7, 11) is 0. The van der Waals surface area contributed by atoms with Gasteiger partial charge in [0.1, 0.15) is 5.75 Å². The summed E-state index contributed by atoms with van der Waals surface area (Å²) < 4.78 is 6.15. The smallest absolute Gasteiger partial charge is 0.123 e. The van der Waals surface area contributed by atoms with Crippen molar-refractivity contribution < 1.29 is 4.74 Å². The molecule has 0 aromatic carbocycles. The zero-order valence-corrected chi connectivity index (χ0v) is 13.2. The van der Waals surface area contributed by atoms with Crippen LogP contribution in [0.2, 0.25) is 0 Å². The molecule has 1 aromatic rings. The quantitative estimate of drug-likeness (QED) is 0.888. The number of pyridine rings is 1. The van der Waals surface area contributed by atoms with Gasteiger partial charge in [0.25, 0.3) is 0 Å². The van der Waals surface area contributed by atoms with E-state index in [2.05, 4.69) is 44.1 Å². The minimum Gasteiger partial charge on any atom is -0.490 e. The average Bonchev–Trinajstić information content (AvgIpc) is 2.41. The first-order chi connectivity index (χ1) is 9.54. The molecule has 0 amide bonds. The maximum atomic E-state index is 6.15. The average molecular weight is 276 g/mol. The van der Waals surface area contributed by atoms with Gasteiger partial charge in [-0.2, -0.15) is 0 Å². The summed E-state index contributed by atoms with van der Waals surface area (Å²) in [5, 5.41) is 3.39. The molecule has 1 N–H and O–H groups in total. The molecule has 2 rings (SSSR count). The van der Waals surface area contributed by atoms with Crippen molar-refractivity contribution in [2.24, 2.45) is 11.8 Å². The highest BCUT2D eigenvalue weighted by atomic mass is 16.5. The number of rotatable bonds is 5. The predicted molar refractivity (Wildman–Crippen MR) is 82.8 cm³/mol.